The number of ether oxygens (including phenoxy) is 1. The Balaban J connectivity index is 2.07. The molecule has 1 unspecified atom stereocenters. The fourth-order valence-corrected chi connectivity index (χ4v) is 3.07. The summed E-state index contributed by atoms with van der Waals surface area (Å²) in [5.74, 6) is 1.07. The van der Waals surface area contributed by atoms with E-state index in [2.05, 4.69) is 11.8 Å². The van der Waals surface area contributed by atoms with Gasteiger partial charge in [0, 0.05) is 5.56 Å². The zero-order chi connectivity index (χ0) is 15.1. The van der Waals surface area contributed by atoms with Crippen molar-refractivity contribution in [3.8, 4) is 5.75 Å². The van der Waals surface area contributed by atoms with Crippen LogP contribution in [-0.4, -0.2) is 36.9 Å². The molecule has 3 nitrogen and oxygen atoms in total. The lowest BCUT2D eigenvalue weighted by Crippen LogP contribution is -2.39. The van der Waals surface area contributed by atoms with E-state index >= 15 is 0 Å². The van der Waals surface area contributed by atoms with Crippen LogP contribution in [0.3, 0.4) is 0 Å². The second-order valence-corrected chi connectivity index (χ2v) is 5.85. The minimum atomic E-state index is 0.0624. The van der Waals surface area contributed by atoms with E-state index in [0.717, 1.165) is 37.2 Å². The van der Waals surface area contributed by atoms with Crippen LogP contribution >= 0.6 is 0 Å². The SMILES string of the molecule is CCCCCC(C(=O)c1ccc(OC)cc1)N1CCCC1. The summed E-state index contributed by atoms with van der Waals surface area (Å²) in [7, 11) is 1.65. The summed E-state index contributed by atoms with van der Waals surface area (Å²) in [6, 6.07) is 7.60. The fraction of sp³-hybridized carbons (Fsp3) is 0.611. The molecular weight excluding hydrogens is 262 g/mol. The Hall–Kier alpha value is -1.35. The number of Topliss-reactive ketones (excluding diaryl/α,β-unsaturated/α-hetero) is 1. The third-order valence-electron chi connectivity index (χ3n) is 4.34. The summed E-state index contributed by atoms with van der Waals surface area (Å²) < 4.78 is 5.17. The number of hydrogen-bond donors (Lipinski definition) is 0. The highest BCUT2D eigenvalue weighted by Gasteiger charge is 2.28. The van der Waals surface area contributed by atoms with Gasteiger partial charge in [0.05, 0.1) is 13.2 Å². The minimum Gasteiger partial charge on any atom is -0.497 e. The van der Waals surface area contributed by atoms with Crippen LogP contribution in [0.1, 0.15) is 55.8 Å². The summed E-state index contributed by atoms with van der Waals surface area (Å²) in [6.45, 7) is 4.34. The average molecular weight is 289 g/mol. The minimum absolute atomic E-state index is 0.0624. The van der Waals surface area contributed by atoms with Crippen LogP contribution < -0.4 is 4.74 Å². The molecule has 1 aromatic rings. The van der Waals surface area contributed by atoms with Crippen LogP contribution in [-0.2, 0) is 0 Å². The highest BCUT2D eigenvalue weighted by Crippen LogP contribution is 2.21. The summed E-state index contributed by atoms with van der Waals surface area (Å²) in [6.07, 6.45) is 6.97. The van der Waals surface area contributed by atoms with E-state index in [4.69, 9.17) is 4.74 Å². The fourth-order valence-electron chi connectivity index (χ4n) is 3.07. The predicted octanol–water partition coefficient (Wildman–Crippen LogP) is 3.92. The Morgan fingerprint density at radius 1 is 1.19 bits per heavy atom. The van der Waals surface area contributed by atoms with Crippen LogP contribution in [0.2, 0.25) is 0 Å². The zero-order valence-electron chi connectivity index (χ0n) is 13.3. The maximum absolute atomic E-state index is 12.8. The first-order valence-electron chi connectivity index (χ1n) is 8.18. The van der Waals surface area contributed by atoms with E-state index in [0.29, 0.717) is 0 Å². The molecule has 0 amide bonds. The maximum Gasteiger partial charge on any atom is 0.179 e. The molecule has 1 heterocycles. The zero-order valence-corrected chi connectivity index (χ0v) is 13.3. The lowest BCUT2D eigenvalue weighted by molar-refractivity contribution is 0.0835. The molecule has 0 N–H and O–H groups in total. The number of likely N-dealkylation sites (tertiary alicyclic amines) is 1. The van der Waals surface area contributed by atoms with Crippen molar-refractivity contribution in [2.45, 2.75) is 51.5 Å². The number of ketones is 1. The normalized spacial score (nSPS) is 16.9. The van der Waals surface area contributed by atoms with Crippen molar-refractivity contribution in [2.24, 2.45) is 0 Å². The molecule has 1 aromatic carbocycles. The molecule has 3 heteroatoms. The Kier molecular flexibility index (Phi) is 6.24. The molecule has 0 saturated carbocycles. The molecule has 1 fully saturated rings. The van der Waals surface area contributed by atoms with Gasteiger partial charge in [-0.15, -0.1) is 0 Å². The average Bonchev–Trinajstić information content (AvgIpc) is 3.05. The summed E-state index contributed by atoms with van der Waals surface area (Å²) in [4.78, 5) is 15.2. The standard InChI is InChI=1S/C18H27NO2/c1-3-4-5-8-17(19-13-6-7-14-19)18(20)15-9-11-16(21-2)12-10-15/h9-12,17H,3-8,13-14H2,1-2H3. The molecule has 116 valence electrons. The van der Waals surface area contributed by atoms with Gasteiger partial charge in [0.1, 0.15) is 5.75 Å². The van der Waals surface area contributed by atoms with Crippen molar-refractivity contribution < 1.29 is 9.53 Å². The van der Waals surface area contributed by atoms with Gasteiger partial charge >= 0.3 is 0 Å². The Bertz CT molecular complexity index is 435. The molecule has 1 aliphatic rings. The van der Waals surface area contributed by atoms with Crippen LogP contribution in [0, 0.1) is 0 Å². The number of carbonyl (C=O) groups excluding carboxylic acids is 1. The van der Waals surface area contributed by atoms with Crippen LogP contribution in [0.15, 0.2) is 24.3 Å². The molecule has 2 rings (SSSR count). The Morgan fingerprint density at radius 2 is 1.86 bits per heavy atom. The first-order valence-corrected chi connectivity index (χ1v) is 8.18. The van der Waals surface area contributed by atoms with Gasteiger partial charge in [-0.3, -0.25) is 9.69 Å². The molecule has 0 bridgehead atoms. The number of rotatable bonds is 8. The van der Waals surface area contributed by atoms with Crippen molar-refractivity contribution >= 4 is 5.78 Å². The van der Waals surface area contributed by atoms with Crippen LogP contribution in [0.4, 0.5) is 0 Å². The van der Waals surface area contributed by atoms with E-state index in [-0.39, 0.29) is 11.8 Å². The highest BCUT2D eigenvalue weighted by atomic mass is 16.5. The van der Waals surface area contributed by atoms with Crippen molar-refractivity contribution in [3.05, 3.63) is 29.8 Å². The van der Waals surface area contributed by atoms with Crippen LogP contribution in [0.25, 0.3) is 0 Å². The molecule has 0 aliphatic carbocycles. The first kappa shape index (κ1) is 16.0. The van der Waals surface area contributed by atoms with E-state index in [1.54, 1.807) is 7.11 Å². The Labute approximate surface area is 128 Å². The Morgan fingerprint density at radius 3 is 2.43 bits per heavy atom. The number of nitrogens with zero attached hydrogens (tertiary/aromatic N) is 1. The third kappa shape index (κ3) is 4.31. The number of carbonyl (C=O) groups is 1. The molecule has 21 heavy (non-hydrogen) atoms. The van der Waals surface area contributed by atoms with Gasteiger partial charge in [-0.1, -0.05) is 26.2 Å². The first-order chi connectivity index (χ1) is 10.3. The molecule has 1 aliphatic heterocycles. The molecule has 0 spiro atoms. The topological polar surface area (TPSA) is 29.5 Å². The van der Waals surface area contributed by atoms with Gasteiger partial charge in [-0.2, -0.15) is 0 Å². The highest BCUT2D eigenvalue weighted by molar-refractivity contribution is 6.00. The van der Waals surface area contributed by atoms with Gasteiger partial charge in [-0.05, 0) is 56.6 Å². The van der Waals surface area contributed by atoms with Gasteiger partial charge in [0.2, 0.25) is 0 Å². The van der Waals surface area contributed by atoms with E-state index in [1.807, 2.05) is 24.3 Å². The number of benzene rings is 1. The molecule has 0 aromatic heterocycles. The van der Waals surface area contributed by atoms with Crippen molar-refractivity contribution in [3.63, 3.8) is 0 Å². The largest absolute Gasteiger partial charge is 0.497 e. The monoisotopic (exact) mass is 289 g/mol. The van der Waals surface area contributed by atoms with E-state index in [9.17, 15) is 4.79 Å². The van der Waals surface area contributed by atoms with Crippen molar-refractivity contribution in [1.29, 1.82) is 0 Å². The van der Waals surface area contributed by atoms with E-state index < -0.39 is 0 Å². The second kappa shape index (κ2) is 8.18. The van der Waals surface area contributed by atoms with Gasteiger partial charge in [0.25, 0.3) is 0 Å². The predicted molar refractivity (Wildman–Crippen MR) is 86.1 cm³/mol. The number of hydrogen-bond acceptors (Lipinski definition) is 3. The van der Waals surface area contributed by atoms with Gasteiger partial charge < -0.3 is 4.74 Å². The molecule has 0 radical (unpaired) electrons. The van der Waals surface area contributed by atoms with Gasteiger partial charge in [0.15, 0.2) is 5.78 Å². The summed E-state index contributed by atoms with van der Waals surface area (Å²) in [5, 5.41) is 0. The van der Waals surface area contributed by atoms with Crippen molar-refractivity contribution in [2.75, 3.05) is 20.2 Å². The van der Waals surface area contributed by atoms with Gasteiger partial charge in [-0.25, -0.2) is 0 Å². The number of unbranched alkanes of at least 4 members (excludes halogenated alkanes) is 2. The smallest absolute Gasteiger partial charge is 0.179 e. The summed E-state index contributed by atoms with van der Waals surface area (Å²) in [5.41, 5.74) is 0.809. The summed E-state index contributed by atoms with van der Waals surface area (Å²) >= 11 is 0. The molecule has 1 atom stereocenters. The second-order valence-electron chi connectivity index (χ2n) is 5.85. The quantitative estimate of drug-likeness (QED) is 0.536. The van der Waals surface area contributed by atoms with Crippen molar-refractivity contribution in [1.82, 2.24) is 4.90 Å². The molecule has 1 saturated heterocycles. The lowest BCUT2D eigenvalue weighted by atomic mass is 9.97. The maximum atomic E-state index is 12.8. The lowest BCUT2D eigenvalue weighted by Gasteiger charge is -2.26. The van der Waals surface area contributed by atoms with E-state index in [1.165, 1.54) is 25.7 Å². The third-order valence-corrected chi connectivity index (χ3v) is 4.34. The molecular formula is C18H27NO2. The van der Waals surface area contributed by atoms with Crippen LogP contribution in [0.5, 0.6) is 5.75 Å². The number of methoxy groups -OCH3 is 1.